The molecule has 1 aromatic rings. The molecule has 4 heteroatoms. The summed E-state index contributed by atoms with van der Waals surface area (Å²) in [6.45, 7) is 3.60. The van der Waals surface area contributed by atoms with Gasteiger partial charge in [0.05, 0.1) is 6.61 Å². The first-order chi connectivity index (χ1) is 9.62. The summed E-state index contributed by atoms with van der Waals surface area (Å²) in [5.41, 5.74) is 1.77. The Labute approximate surface area is 119 Å². The second-order valence-corrected chi connectivity index (χ2v) is 6.03. The minimum absolute atomic E-state index is 0.327. The quantitative estimate of drug-likeness (QED) is 0.919. The molecule has 0 aliphatic carbocycles. The molecular formula is C16H21NO3. The van der Waals surface area contributed by atoms with Crippen LogP contribution in [0.15, 0.2) is 24.3 Å². The molecule has 20 heavy (non-hydrogen) atoms. The van der Waals surface area contributed by atoms with E-state index in [1.165, 1.54) is 11.3 Å². The molecule has 1 fully saturated rings. The van der Waals surface area contributed by atoms with Gasteiger partial charge in [0.1, 0.15) is 5.41 Å². The number of carboxylic acids is 1. The average molecular weight is 275 g/mol. The number of aliphatic carboxylic acids is 1. The third-order valence-electron chi connectivity index (χ3n) is 4.69. The van der Waals surface area contributed by atoms with Gasteiger partial charge in [0.25, 0.3) is 0 Å². The number of hydrogen-bond acceptors (Lipinski definition) is 3. The SMILES string of the molecule is CC1CCc2ccccc2N1CC1(C(=O)O)CCOC1. The Kier molecular flexibility index (Phi) is 3.42. The molecule has 108 valence electrons. The number of aryl methyl sites for hydroxylation is 1. The van der Waals surface area contributed by atoms with E-state index >= 15 is 0 Å². The van der Waals surface area contributed by atoms with Crippen LogP contribution in [0, 0.1) is 5.41 Å². The second-order valence-electron chi connectivity index (χ2n) is 6.03. The van der Waals surface area contributed by atoms with Crippen molar-refractivity contribution in [2.75, 3.05) is 24.7 Å². The first-order valence-electron chi connectivity index (χ1n) is 7.28. The highest BCUT2D eigenvalue weighted by Crippen LogP contribution is 2.37. The number of fused-ring (bicyclic) bond motifs is 1. The van der Waals surface area contributed by atoms with Gasteiger partial charge in [0.15, 0.2) is 0 Å². The van der Waals surface area contributed by atoms with E-state index in [1.807, 2.05) is 6.07 Å². The molecule has 4 nitrogen and oxygen atoms in total. The molecule has 0 bridgehead atoms. The second kappa shape index (κ2) is 5.09. The van der Waals surface area contributed by atoms with Crippen LogP contribution in [0.25, 0.3) is 0 Å². The molecule has 0 amide bonds. The van der Waals surface area contributed by atoms with Crippen LogP contribution in [0.4, 0.5) is 5.69 Å². The fourth-order valence-corrected chi connectivity index (χ4v) is 3.30. The lowest BCUT2D eigenvalue weighted by molar-refractivity contribution is -0.148. The van der Waals surface area contributed by atoms with Crippen LogP contribution in [0.5, 0.6) is 0 Å². The number of benzene rings is 1. The van der Waals surface area contributed by atoms with Gasteiger partial charge in [-0.25, -0.2) is 0 Å². The summed E-state index contributed by atoms with van der Waals surface area (Å²) in [5.74, 6) is -0.731. The molecule has 1 aromatic carbocycles. The zero-order chi connectivity index (χ0) is 14.2. The van der Waals surface area contributed by atoms with Gasteiger partial charge in [-0.1, -0.05) is 18.2 Å². The van der Waals surface area contributed by atoms with E-state index in [0.717, 1.165) is 12.8 Å². The van der Waals surface area contributed by atoms with Crippen molar-refractivity contribution in [1.29, 1.82) is 0 Å². The number of hydrogen-bond donors (Lipinski definition) is 1. The van der Waals surface area contributed by atoms with E-state index in [4.69, 9.17) is 4.74 Å². The number of nitrogens with zero attached hydrogens (tertiary/aromatic N) is 1. The van der Waals surface area contributed by atoms with Gasteiger partial charge in [0.2, 0.25) is 0 Å². The minimum atomic E-state index is -0.751. The lowest BCUT2D eigenvalue weighted by Crippen LogP contribution is -2.48. The first kappa shape index (κ1) is 13.4. The Hall–Kier alpha value is -1.55. The third-order valence-corrected chi connectivity index (χ3v) is 4.69. The summed E-state index contributed by atoms with van der Waals surface area (Å²) in [6.07, 6.45) is 2.76. The number of para-hydroxylation sites is 1. The molecular weight excluding hydrogens is 254 g/mol. The molecule has 2 atom stereocenters. The average Bonchev–Trinajstić information content (AvgIpc) is 2.92. The van der Waals surface area contributed by atoms with Crippen molar-refractivity contribution >= 4 is 11.7 Å². The van der Waals surface area contributed by atoms with Gasteiger partial charge >= 0.3 is 5.97 Å². The van der Waals surface area contributed by atoms with Crippen LogP contribution in [0.2, 0.25) is 0 Å². The molecule has 2 aliphatic heterocycles. The van der Waals surface area contributed by atoms with Crippen LogP contribution in [-0.4, -0.2) is 36.9 Å². The summed E-state index contributed by atoms with van der Waals surface area (Å²) in [4.78, 5) is 14.0. The van der Waals surface area contributed by atoms with Gasteiger partial charge in [-0.05, 0) is 37.8 Å². The van der Waals surface area contributed by atoms with Crippen molar-refractivity contribution in [3.05, 3.63) is 29.8 Å². The molecule has 1 N–H and O–H groups in total. The zero-order valence-corrected chi connectivity index (χ0v) is 11.8. The summed E-state index contributed by atoms with van der Waals surface area (Å²) in [6, 6.07) is 8.71. The molecule has 1 saturated heterocycles. The molecule has 0 spiro atoms. The largest absolute Gasteiger partial charge is 0.481 e. The lowest BCUT2D eigenvalue weighted by Gasteiger charge is -2.41. The Morgan fingerprint density at radius 2 is 2.30 bits per heavy atom. The molecule has 2 unspecified atom stereocenters. The van der Waals surface area contributed by atoms with Crippen LogP contribution < -0.4 is 4.90 Å². The summed E-state index contributed by atoms with van der Waals surface area (Å²) < 4.78 is 5.38. The summed E-state index contributed by atoms with van der Waals surface area (Å²) in [5, 5.41) is 9.62. The van der Waals surface area contributed by atoms with Crippen LogP contribution >= 0.6 is 0 Å². The Morgan fingerprint density at radius 1 is 1.50 bits per heavy atom. The predicted molar refractivity (Wildman–Crippen MR) is 77.1 cm³/mol. The van der Waals surface area contributed by atoms with Crippen molar-refractivity contribution < 1.29 is 14.6 Å². The fourth-order valence-electron chi connectivity index (χ4n) is 3.30. The van der Waals surface area contributed by atoms with Crippen LogP contribution in [-0.2, 0) is 16.0 Å². The van der Waals surface area contributed by atoms with E-state index in [0.29, 0.717) is 32.2 Å². The van der Waals surface area contributed by atoms with Crippen molar-refractivity contribution in [2.24, 2.45) is 5.41 Å². The lowest BCUT2D eigenvalue weighted by atomic mass is 9.84. The summed E-state index contributed by atoms with van der Waals surface area (Å²) in [7, 11) is 0. The van der Waals surface area contributed by atoms with E-state index < -0.39 is 11.4 Å². The van der Waals surface area contributed by atoms with Crippen LogP contribution in [0.3, 0.4) is 0 Å². The van der Waals surface area contributed by atoms with Crippen molar-refractivity contribution in [3.8, 4) is 0 Å². The fraction of sp³-hybridized carbons (Fsp3) is 0.562. The Balaban J connectivity index is 1.91. The molecule has 2 heterocycles. The molecule has 3 rings (SSSR count). The maximum atomic E-state index is 11.7. The molecule has 2 aliphatic rings. The van der Waals surface area contributed by atoms with Gasteiger partial charge < -0.3 is 14.7 Å². The van der Waals surface area contributed by atoms with E-state index in [2.05, 4.69) is 30.0 Å². The first-order valence-corrected chi connectivity index (χ1v) is 7.28. The minimum Gasteiger partial charge on any atom is -0.481 e. The predicted octanol–water partition coefficient (Wildman–Crippen LogP) is 2.32. The number of ether oxygens (including phenoxy) is 1. The Bertz CT molecular complexity index is 508. The normalized spacial score (nSPS) is 29.2. The highest BCUT2D eigenvalue weighted by atomic mass is 16.5. The zero-order valence-electron chi connectivity index (χ0n) is 11.8. The number of carboxylic acid groups (broad SMARTS) is 1. The third kappa shape index (κ3) is 2.18. The van der Waals surface area contributed by atoms with E-state index in [1.54, 1.807) is 0 Å². The number of carbonyl (C=O) groups is 1. The van der Waals surface area contributed by atoms with E-state index in [-0.39, 0.29) is 0 Å². The van der Waals surface area contributed by atoms with Gasteiger partial charge in [-0.15, -0.1) is 0 Å². The van der Waals surface area contributed by atoms with Gasteiger partial charge in [-0.2, -0.15) is 0 Å². The molecule has 0 radical (unpaired) electrons. The van der Waals surface area contributed by atoms with Crippen molar-refractivity contribution in [2.45, 2.75) is 32.2 Å². The topological polar surface area (TPSA) is 49.8 Å². The van der Waals surface area contributed by atoms with Crippen molar-refractivity contribution in [1.82, 2.24) is 0 Å². The maximum absolute atomic E-state index is 11.7. The maximum Gasteiger partial charge on any atom is 0.313 e. The monoisotopic (exact) mass is 275 g/mol. The highest BCUT2D eigenvalue weighted by molar-refractivity contribution is 5.76. The summed E-state index contributed by atoms with van der Waals surface area (Å²) >= 11 is 0. The number of anilines is 1. The smallest absolute Gasteiger partial charge is 0.313 e. The molecule has 0 aromatic heterocycles. The van der Waals surface area contributed by atoms with Crippen LogP contribution in [0.1, 0.15) is 25.3 Å². The van der Waals surface area contributed by atoms with Gasteiger partial charge in [0, 0.05) is 24.9 Å². The number of rotatable bonds is 3. The standard InChI is InChI=1S/C16H21NO3/c1-12-6-7-13-4-2-3-5-14(13)17(12)10-16(15(18)19)8-9-20-11-16/h2-5,12H,6-11H2,1H3,(H,18,19). The Morgan fingerprint density at radius 3 is 3.00 bits per heavy atom. The van der Waals surface area contributed by atoms with Gasteiger partial charge in [-0.3, -0.25) is 4.79 Å². The van der Waals surface area contributed by atoms with E-state index in [9.17, 15) is 9.90 Å². The molecule has 0 saturated carbocycles. The highest BCUT2D eigenvalue weighted by Gasteiger charge is 2.45. The van der Waals surface area contributed by atoms with Crippen molar-refractivity contribution in [3.63, 3.8) is 0 Å².